The summed E-state index contributed by atoms with van der Waals surface area (Å²) < 4.78 is 18.6. The molecular formula is C14H9ClFNO4. The second-order valence-corrected chi connectivity index (χ2v) is 4.34. The van der Waals surface area contributed by atoms with Gasteiger partial charge in [-0.15, -0.1) is 0 Å². The largest absolute Gasteiger partial charge is 0.478 e. The van der Waals surface area contributed by atoms with Crippen LogP contribution in [0.1, 0.15) is 16.1 Å². The fourth-order valence-corrected chi connectivity index (χ4v) is 1.68. The van der Waals surface area contributed by atoms with Gasteiger partial charge in [0.25, 0.3) is 5.91 Å². The molecule has 1 heterocycles. The summed E-state index contributed by atoms with van der Waals surface area (Å²) in [6, 6.07) is 6.66. The van der Waals surface area contributed by atoms with Gasteiger partial charge in [-0.05, 0) is 48.0 Å². The molecule has 0 saturated carbocycles. The van der Waals surface area contributed by atoms with Crippen molar-refractivity contribution in [2.75, 3.05) is 5.32 Å². The van der Waals surface area contributed by atoms with E-state index in [0.717, 1.165) is 18.2 Å². The van der Waals surface area contributed by atoms with Crippen molar-refractivity contribution in [2.24, 2.45) is 0 Å². The van der Waals surface area contributed by atoms with Gasteiger partial charge in [0.2, 0.25) is 0 Å². The summed E-state index contributed by atoms with van der Waals surface area (Å²) in [5.41, 5.74) is 0.300. The van der Waals surface area contributed by atoms with Gasteiger partial charge in [-0.1, -0.05) is 0 Å². The van der Waals surface area contributed by atoms with Crippen LogP contribution in [0.15, 0.2) is 40.8 Å². The minimum Gasteiger partial charge on any atom is -0.478 e. The summed E-state index contributed by atoms with van der Waals surface area (Å²) in [5.74, 6) is -2.42. The Morgan fingerprint density at radius 1 is 1.29 bits per heavy atom. The lowest BCUT2D eigenvalue weighted by Gasteiger charge is -2.04. The summed E-state index contributed by atoms with van der Waals surface area (Å²) in [5, 5.41) is 11.0. The Morgan fingerprint density at radius 3 is 2.62 bits per heavy atom. The second-order valence-electron chi connectivity index (χ2n) is 3.97. The molecule has 1 aromatic carbocycles. The van der Waals surface area contributed by atoms with Gasteiger partial charge >= 0.3 is 5.97 Å². The molecule has 0 saturated heterocycles. The first kappa shape index (κ1) is 14.8. The molecular weight excluding hydrogens is 301 g/mol. The maximum atomic E-state index is 13.7. The predicted molar refractivity (Wildman–Crippen MR) is 74.7 cm³/mol. The Balaban J connectivity index is 2.13. The van der Waals surface area contributed by atoms with Crippen molar-refractivity contribution < 1.29 is 23.5 Å². The quantitative estimate of drug-likeness (QED) is 0.848. The van der Waals surface area contributed by atoms with Crippen LogP contribution in [0.2, 0.25) is 5.22 Å². The maximum absolute atomic E-state index is 13.7. The van der Waals surface area contributed by atoms with Gasteiger partial charge in [-0.2, -0.15) is 0 Å². The maximum Gasteiger partial charge on any atom is 0.328 e. The van der Waals surface area contributed by atoms with Gasteiger partial charge < -0.3 is 14.8 Å². The van der Waals surface area contributed by atoms with E-state index in [-0.39, 0.29) is 22.2 Å². The van der Waals surface area contributed by atoms with Crippen molar-refractivity contribution in [1.29, 1.82) is 0 Å². The standard InChI is InChI=1S/C14H9ClFNO4/c15-12-5-4-11(21-12)14(20)17-9-3-1-8(10(16)7-9)2-6-13(18)19/h1-7H,(H,17,20)(H,18,19). The summed E-state index contributed by atoms with van der Waals surface area (Å²) in [4.78, 5) is 22.1. The normalized spacial score (nSPS) is 10.8. The predicted octanol–water partition coefficient (Wildman–Crippen LogP) is 3.42. The number of aliphatic carboxylic acids is 1. The second kappa shape index (κ2) is 6.23. The zero-order valence-electron chi connectivity index (χ0n) is 10.5. The Bertz CT molecular complexity index is 724. The molecule has 2 aromatic rings. The molecule has 0 spiro atoms. The highest BCUT2D eigenvalue weighted by molar-refractivity contribution is 6.29. The third-order valence-corrected chi connectivity index (χ3v) is 2.66. The first-order chi connectivity index (χ1) is 9.95. The van der Waals surface area contributed by atoms with E-state index in [1.54, 1.807) is 0 Å². The van der Waals surface area contributed by atoms with Crippen LogP contribution in [0.4, 0.5) is 10.1 Å². The Kier molecular flexibility index (Phi) is 4.39. The summed E-state index contributed by atoms with van der Waals surface area (Å²) >= 11 is 5.55. The molecule has 21 heavy (non-hydrogen) atoms. The van der Waals surface area contributed by atoms with Crippen molar-refractivity contribution >= 4 is 35.2 Å². The number of carbonyl (C=O) groups excluding carboxylic acids is 1. The lowest BCUT2D eigenvalue weighted by Crippen LogP contribution is -2.11. The minimum absolute atomic E-state index is 0.00439. The monoisotopic (exact) mass is 309 g/mol. The van der Waals surface area contributed by atoms with E-state index in [4.69, 9.17) is 21.1 Å². The number of benzene rings is 1. The van der Waals surface area contributed by atoms with Gasteiger partial charge in [0.05, 0.1) is 0 Å². The summed E-state index contributed by atoms with van der Waals surface area (Å²) in [7, 11) is 0. The van der Waals surface area contributed by atoms with E-state index in [9.17, 15) is 14.0 Å². The van der Waals surface area contributed by atoms with E-state index < -0.39 is 17.7 Å². The highest BCUT2D eigenvalue weighted by Gasteiger charge is 2.11. The van der Waals surface area contributed by atoms with E-state index in [0.29, 0.717) is 0 Å². The van der Waals surface area contributed by atoms with E-state index in [1.165, 1.54) is 24.3 Å². The molecule has 0 aliphatic rings. The Hall–Kier alpha value is -2.60. The molecule has 0 bridgehead atoms. The number of carbonyl (C=O) groups is 2. The molecule has 0 fully saturated rings. The van der Waals surface area contributed by atoms with Crippen LogP contribution in [-0.2, 0) is 4.79 Å². The number of nitrogens with one attached hydrogen (secondary N) is 1. The third kappa shape index (κ3) is 3.93. The molecule has 7 heteroatoms. The van der Waals surface area contributed by atoms with Gasteiger partial charge in [0.1, 0.15) is 5.82 Å². The number of anilines is 1. The molecule has 1 amide bonds. The number of carboxylic acids is 1. The highest BCUT2D eigenvalue weighted by atomic mass is 35.5. The smallest absolute Gasteiger partial charge is 0.328 e. The SMILES string of the molecule is O=C(O)C=Cc1ccc(NC(=O)c2ccc(Cl)o2)cc1F. The van der Waals surface area contributed by atoms with Crippen molar-refractivity contribution in [3.63, 3.8) is 0 Å². The fourth-order valence-electron chi connectivity index (χ4n) is 1.53. The number of furan rings is 1. The highest BCUT2D eigenvalue weighted by Crippen LogP contribution is 2.18. The Labute approximate surface area is 123 Å². The van der Waals surface area contributed by atoms with Crippen molar-refractivity contribution in [3.8, 4) is 0 Å². The van der Waals surface area contributed by atoms with Crippen molar-refractivity contribution in [1.82, 2.24) is 0 Å². The van der Waals surface area contributed by atoms with Gasteiger partial charge in [0, 0.05) is 17.3 Å². The fraction of sp³-hybridized carbons (Fsp3) is 0. The zero-order valence-corrected chi connectivity index (χ0v) is 11.2. The molecule has 108 valence electrons. The molecule has 2 N–H and O–H groups in total. The number of amides is 1. The number of hydrogen-bond donors (Lipinski definition) is 2. The lowest BCUT2D eigenvalue weighted by atomic mass is 10.1. The summed E-state index contributed by atoms with van der Waals surface area (Å²) in [6.07, 6.45) is 1.94. The average molecular weight is 310 g/mol. The van der Waals surface area contributed by atoms with Crippen LogP contribution in [0.5, 0.6) is 0 Å². The van der Waals surface area contributed by atoms with Crippen LogP contribution in [0.3, 0.4) is 0 Å². The third-order valence-electron chi connectivity index (χ3n) is 2.46. The number of rotatable bonds is 4. The molecule has 2 rings (SSSR count). The minimum atomic E-state index is -1.18. The molecule has 0 unspecified atom stereocenters. The van der Waals surface area contributed by atoms with E-state index in [1.807, 2.05) is 0 Å². The zero-order chi connectivity index (χ0) is 15.4. The van der Waals surface area contributed by atoms with Crippen LogP contribution in [0, 0.1) is 5.82 Å². The molecule has 0 aliphatic heterocycles. The molecule has 0 radical (unpaired) electrons. The van der Waals surface area contributed by atoms with Crippen molar-refractivity contribution in [3.05, 3.63) is 58.8 Å². The molecule has 1 aromatic heterocycles. The van der Waals surface area contributed by atoms with Crippen LogP contribution in [0.25, 0.3) is 6.08 Å². The van der Waals surface area contributed by atoms with Gasteiger partial charge in [-0.25, -0.2) is 9.18 Å². The van der Waals surface area contributed by atoms with Gasteiger partial charge in [0.15, 0.2) is 11.0 Å². The van der Waals surface area contributed by atoms with Crippen LogP contribution in [-0.4, -0.2) is 17.0 Å². The number of carboxylic acid groups (broad SMARTS) is 1. The number of halogens is 2. The van der Waals surface area contributed by atoms with E-state index >= 15 is 0 Å². The molecule has 5 nitrogen and oxygen atoms in total. The number of hydrogen-bond acceptors (Lipinski definition) is 3. The lowest BCUT2D eigenvalue weighted by molar-refractivity contribution is -0.131. The first-order valence-electron chi connectivity index (χ1n) is 5.73. The van der Waals surface area contributed by atoms with Gasteiger partial charge in [-0.3, -0.25) is 4.79 Å². The first-order valence-corrected chi connectivity index (χ1v) is 6.11. The van der Waals surface area contributed by atoms with Crippen LogP contribution < -0.4 is 5.32 Å². The topological polar surface area (TPSA) is 79.5 Å². The Morgan fingerprint density at radius 2 is 2.05 bits per heavy atom. The molecule has 0 atom stereocenters. The van der Waals surface area contributed by atoms with E-state index in [2.05, 4.69) is 5.32 Å². The summed E-state index contributed by atoms with van der Waals surface area (Å²) in [6.45, 7) is 0. The average Bonchev–Trinajstić information content (AvgIpc) is 2.84. The molecule has 0 aliphatic carbocycles. The van der Waals surface area contributed by atoms with Crippen LogP contribution >= 0.6 is 11.6 Å². The van der Waals surface area contributed by atoms with Crippen molar-refractivity contribution in [2.45, 2.75) is 0 Å².